The zero-order valence-electron chi connectivity index (χ0n) is 10.5. The average Bonchev–Trinajstić information content (AvgIpc) is 2.36. The van der Waals surface area contributed by atoms with E-state index in [9.17, 15) is 9.59 Å². The maximum absolute atomic E-state index is 11.4. The number of carbonyl (C=O) groups is 2. The van der Waals surface area contributed by atoms with Gasteiger partial charge < -0.3 is 9.47 Å². The van der Waals surface area contributed by atoms with Crippen LogP contribution in [0.1, 0.15) is 19.4 Å². The Bertz CT molecular complexity index is 432. The Hall–Kier alpha value is -2.10. The van der Waals surface area contributed by atoms with Gasteiger partial charge >= 0.3 is 11.9 Å². The molecule has 0 aliphatic heterocycles. The molecule has 1 aromatic carbocycles. The molecule has 0 heterocycles. The number of hydrogen-bond acceptors (Lipinski definition) is 4. The summed E-state index contributed by atoms with van der Waals surface area (Å²) in [6, 6.07) is 6.64. The fraction of sp³-hybridized carbons (Fsp3) is 0.286. The van der Waals surface area contributed by atoms with E-state index in [4.69, 9.17) is 9.47 Å². The zero-order chi connectivity index (χ0) is 13.5. The van der Waals surface area contributed by atoms with Gasteiger partial charge in [0, 0.05) is 0 Å². The lowest BCUT2D eigenvalue weighted by Crippen LogP contribution is -2.24. The van der Waals surface area contributed by atoms with Gasteiger partial charge in [0.05, 0.1) is 6.61 Å². The fourth-order valence-corrected chi connectivity index (χ4v) is 1.12. The number of esters is 2. The zero-order valence-corrected chi connectivity index (χ0v) is 10.5. The van der Waals surface area contributed by atoms with E-state index < -0.39 is 11.9 Å². The monoisotopic (exact) mass is 248 g/mol. The summed E-state index contributed by atoms with van der Waals surface area (Å²) in [6.45, 7) is 7.57. The minimum absolute atomic E-state index is 0.175. The van der Waals surface area contributed by atoms with Crippen LogP contribution in [-0.2, 0) is 14.3 Å². The van der Waals surface area contributed by atoms with E-state index >= 15 is 0 Å². The molecule has 4 heteroatoms. The number of carbonyl (C=O) groups excluding carboxylic acids is 2. The van der Waals surface area contributed by atoms with Gasteiger partial charge in [-0.05, 0) is 23.6 Å². The van der Waals surface area contributed by atoms with Gasteiger partial charge in [-0.3, -0.25) is 0 Å². The molecular weight excluding hydrogens is 232 g/mol. The molecule has 1 rings (SSSR count). The molecule has 0 aliphatic carbocycles. The van der Waals surface area contributed by atoms with E-state index in [2.05, 4.69) is 6.58 Å². The third-order valence-corrected chi connectivity index (χ3v) is 2.04. The summed E-state index contributed by atoms with van der Waals surface area (Å²) in [6.07, 6.45) is 1.67. The highest BCUT2D eigenvalue weighted by Gasteiger charge is 2.18. The molecule has 0 N–H and O–H groups in total. The SMILES string of the molecule is C=Cc1ccc(OC(=O)C(=O)OCC(C)C)cc1. The lowest BCUT2D eigenvalue weighted by Gasteiger charge is -2.07. The van der Waals surface area contributed by atoms with Gasteiger partial charge in [0.1, 0.15) is 5.75 Å². The minimum atomic E-state index is -1.01. The first kappa shape index (κ1) is 14.0. The van der Waals surface area contributed by atoms with Gasteiger partial charge in [-0.2, -0.15) is 0 Å². The maximum atomic E-state index is 11.4. The van der Waals surface area contributed by atoms with Crippen LogP contribution >= 0.6 is 0 Å². The molecule has 0 bridgehead atoms. The van der Waals surface area contributed by atoms with Crippen molar-refractivity contribution in [1.82, 2.24) is 0 Å². The Labute approximate surface area is 106 Å². The topological polar surface area (TPSA) is 52.6 Å². The van der Waals surface area contributed by atoms with Crippen molar-refractivity contribution in [3.8, 4) is 5.75 Å². The molecule has 0 radical (unpaired) electrons. The van der Waals surface area contributed by atoms with Crippen molar-refractivity contribution in [1.29, 1.82) is 0 Å². The van der Waals surface area contributed by atoms with Gasteiger partial charge in [0.25, 0.3) is 0 Å². The molecule has 0 spiro atoms. The first-order valence-corrected chi connectivity index (χ1v) is 5.64. The lowest BCUT2D eigenvalue weighted by atomic mass is 10.2. The first-order valence-electron chi connectivity index (χ1n) is 5.64. The molecule has 0 atom stereocenters. The van der Waals surface area contributed by atoms with Gasteiger partial charge in [0.2, 0.25) is 0 Å². The van der Waals surface area contributed by atoms with E-state index in [1.165, 1.54) is 0 Å². The summed E-state index contributed by atoms with van der Waals surface area (Å²) in [5.41, 5.74) is 0.900. The molecule has 0 aliphatic rings. The van der Waals surface area contributed by atoms with Crippen molar-refractivity contribution in [3.05, 3.63) is 36.4 Å². The largest absolute Gasteiger partial charge is 0.457 e. The summed E-state index contributed by atoms with van der Waals surface area (Å²) in [5, 5.41) is 0. The van der Waals surface area contributed by atoms with Gasteiger partial charge in [0.15, 0.2) is 0 Å². The Morgan fingerprint density at radius 1 is 1.22 bits per heavy atom. The molecule has 0 fully saturated rings. The van der Waals surface area contributed by atoms with Crippen LogP contribution in [0.15, 0.2) is 30.8 Å². The van der Waals surface area contributed by atoms with Crippen molar-refractivity contribution in [2.24, 2.45) is 5.92 Å². The second-order valence-electron chi connectivity index (χ2n) is 4.15. The highest BCUT2D eigenvalue weighted by molar-refractivity contribution is 6.30. The number of ether oxygens (including phenoxy) is 2. The Morgan fingerprint density at radius 2 is 1.83 bits per heavy atom. The third kappa shape index (κ3) is 4.41. The third-order valence-electron chi connectivity index (χ3n) is 2.04. The highest BCUT2D eigenvalue weighted by Crippen LogP contribution is 2.13. The molecule has 1 aromatic rings. The molecule has 0 aromatic heterocycles. The first-order chi connectivity index (χ1) is 8.52. The van der Waals surface area contributed by atoms with Gasteiger partial charge in [-0.15, -0.1) is 0 Å². The molecule has 0 saturated carbocycles. The molecule has 0 saturated heterocycles. The van der Waals surface area contributed by atoms with Crippen LogP contribution in [0.25, 0.3) is 6.08 Å². The lowest BCUT2D eigenvalue weighted by molar-refractivity contribution is -0.162. The average molecular weight is 248 g/mol. The van der Waals surface area contributed by atoms with Crippen LogP contribution < -0.4 is 4.74 Å². The number of rotatable bonds is 4. The normalized spacial score (nSPS) is 9.94. The molecule has 4 nitrogen and oxygen atoms in total. The predicted molar refractivity (Wildman–Crippen MR) is 68.0 cm³/mol. The Morgan fingerprint density at radius 3 is 2.33 bits per heavy atom. The van der Waals surface area contributed by atoms with Crippen molar-refractivity contribution >= 4 is 18.0 Å². The number of hydrogen-bond donors (Lipinski definition) is 0. The molecular formula is C14H16O4. The van der Waals surface area contributed by atoms with Crippen LogP contribution in [0, 0.1) is 5.92 Å². The summed E-state index contributed by atoms with van der Waals surface area (Å²) in [7, 11) is 0. The van der Waals surface area contributed by atoms with Crippen molar-refractivity contribution in [3.63, 3.8) is 0 Å². The standard InChI is InChI=1S/C14H16O4/c1-4-11-5-7-12(8-6-11)18-14(16)13(15)17-9-10(2)3/h4-8,10H,1,9H2,2-3H3. The molecule has 0 amide bonds. The quantitative estimate of drug-likeness (QED) is 0.466. The van der Waals surface area contributed by atoms with Gasteiger partial charge in [-0.1, -0.05) is 38.6 Å². The van der Waals surface area contributed by atoms with E-state index in [0.29, 0.717) is 5.75 Å². The van der Waals surface area contributed by atoms with E-state index in [1.807, 2.05) is 13.8 Å². The van der Waals surface area contributed by atoms with Crippen molar-refractivity contribution < 1.29 is 19.1 Å². The summed E-state index contributed by atoms with van der Waals surface area (Å²) in [5.74, 6) is -1.51. The summed E-state index contributed by atoms with van der Waals surface area (Å²) < 4.78 is 9.61. The van der Waals surface area contributed by atoms with E-state index in [-0.39, 0.29) is 12.5 Å². The molecule has 0 unspecified atom stereocenters. The van der Waals surface area contributed by atoms with Crippen LogP contribution in [0.5, 0.6) is 5.75 Å². The smallest absolute Gasteiger partial charge is 0.422 e. The molecule has 96 valence electrons. The second-order valence-corrected chi connectivity index (χ2v) is 4.15. The maximum Gasteiger partial charge on any atom is 0.422 e. The summed E-state index contributed by atoms with van der Waals surface area (Å²) >= 11 is 0. The predicted octanol–water partition coefficient (Wildman–Crippen LogP) is 2.43. The van der Waals surface area contributed by atoms with Crippen LogP contribution in [0.3, 0.4) is 0 Å². The number of benzene rings is 1. The van der Waals surface area contributed by atoms with Crippen molar-refractivity contribution in [2.75, 3.05) is 6.61 Å². The minimum Gasteiger partial charge on any atom is -0.457 e. The fourth-order valence-electron chi connectivity index (χ4n) is 1.12. The Balaban J connectivity index is 2.52. The molecule has 18 heavy (non-hydrogen) atoms. The van der Waals surface area contributed by atoms with Crippen LogP contribution in [0.2, 0.25) is 0 Å². The van der Waals surface area contributed by atoms with Crippen LogP contribution in [-0.4, -0.2) is 18.5 Å². The van der Waals surface area contributed by atoms with Crippen LogP contribution in [0.4, 0.5) is 0 Å². The second kappa shape index (κ2) is 6.59. The van der Waals surface area contributed by atoms with E-state index in [0.717, 1.165) is 5.56 Å². The van der Waals surface area contributed by atoms with Crippen molar-refractivity contribution in [2.45, 2.75) is 13.8 Å². The Kier molecular flexibility index (Phi) is 5.11. The highest BCUT2D eigenvalue weighted by atomic mass is 16.6. The van der Waals surface area contributed by atoms with Gasteiger partial charge in [-0.25, -0.2) is 9.59 Å². The van der Waals surface area contributed by atoms with E-state index in [1.54, 1.807) is 30.3 Å². The summed E-state index contributed by atoms with van der Waals surface area (Å²) in [4.78, 5) is 22.6.